The minimum atomic E-state index is -0.539. The summed E-state index contributed by atoms with van der Waals surface area (Å²) in [5.74, 6) is 1.01. The van der Waals surface area contributed by atoms with E-state index in [-0.39, 0.29) is 5.69 Å². The number of H-pyrrole nitrogens is 1. The summed E-state index contributed by atoms with van der Waals surface area (Å²) >= 11 is 5.98. The van der Waals surface area contributed by atoms with Crippen LogP contribution in [0.4, 0.5) is 5.69 Å². The minimum absolute atomic E-state index is 0.00529. The van der Waals surface area contributed by atoms with Crippen LogP contribution < -0.4 is 20.3 Å². The molecule has 1 amide bonds. The van der Waals surface area contributed by atoms with Gasteiger partial charge in [0.05, 0.1) is 19.9 Å². The van der Waals surface area contributed by atoms with Crippen molar-refractivity contribution in [2.24, 2.45) is 0 Å². The molecule has 2 aromatic carbocycles. The van der Waals surface area contributed by atoms with Gasteiger partial charge in [-0.05, 0) is 35.9 Å². The first-order valence-corrected chi connectivity index (χ1v) is 8.74. The predicted molar refractivity (Wildman–Crippen MR) is 107 cm³/mol. The molecule has 2 N–H and O–H groups in total. The molecule has 0 saturated carbocycles. The highest BCUT2D eigenvalue weighted by Gasteiger charge is 2.14. The van der Waals surface area contributed by atoms with Gasteiger partial charge in [0.1, 0.15) is 23.0 Å². The lowest BCUT2D eigenvalue weighted by Gasteiger charge is -2.10. The standard InChI is InChI=1S/C20H18ClN3O4/c1-27-14-6-3-12(4-7-14)9-18-22-16(11-19(25)24-18)20(26)23-15-10-13(21)5-8-17(15)28-2/h3-8,10-11H,9H2,1-2H3,(H,23,26)(H,22,24,25). The third-order valence-corrected chi connectivity index (χ3v) is 4.20. The number of carbonyl (C=O) groups excluding carboxylic acids is 1. The number of benzene rings is 2. The summed E-state index contributed by atoms with van der Waals surface area (Å²) in [5, 5.41) is 3.11. The Hall–Kier alpha value is -3.32. The zero-order valence-corrected chi connectivity index (χ0v) is 16.0. The topological polar surface area (TPSA) is 93.3 Å². The number of aromatic amines is 1. The van der Waals surface area contributed by atoms with Gasteiger partial charge < -0.3 is 19.8 Å². The number of amides is 1. The Morgan fingerprint density at radius 1 is 1.11 bits per heavy atom. The number of rotatable bonds is 6. The number of halogens is 1. The van der Waals surface area contributed by atoms with Crippen LogP contribution in [0.3, 0.4) is 0 Å². The fourth-order valence-corrected chi connectivity index (χ4v) is 2.78. The smallest absolute Gasteiger partial charge is 0.274 e. The molecular formula is C20H18ClN3O4. The van der Waals surface area contributed by atoms with E-state index in [2.05, 4.69) is 15.3 Å². The fraction of sp³-hybridized carbons (Fsp3) is 0.150. The quantitative estimate of drug-likeness (QED) is 0.663. The van der Waals surface area contributed by atoms with Gasteiger partial charge in [0, 0.05) is 17.5 Å². The van der Waals surface area contributed by atoms with Gasteiger partial charge in [-0.15, -0.1) is 0 Å². The molecule has 0 aliphatic rings. The zero-order valence-electron chi connectivity index (χ0n) is 15.3. The van der Waals surface area contributed by atoms with Crippen molar-refractivity contribution >= 4 is 23.2 Å². The van der Waals surface area contributed by atoms with Crippen LogP contribution in [-0.2, 0) is 6.42 Å². The predicted octanol–water partition coefficient (Wildman–Crippen LogP) is 3.28. The van der Waals surface area contributed by atoms with Crippen LogP contribution in [-0.4, -0.2) is 30.1 Å². The number of nitrogens with one attached hydrogen (secondary N) is 2. The van der Waals surface area contributed by atoms with Gasteiger partial charge in [0.15, 0.2) is 0 Å². The van der Waals surface area contributed by atoms with Crippen LogP contribution in [0, 0.1) is 0 Å². The fourth-order valence-electron chi connectivity index (χ4n) is 2.61. The second-order valence-corrected chi connectivity index (χ2v) is 6.34. The van der Waals surface area contributed by atoms with Crippen molar-refractivity contribution in [3.05, 3.63) is 81.0 Å². The highest BCUT2D eigenvalue weighted by atomic mass is 35.5. The third-order valence-electron chi connectivity index (χ3n) is 3.96. The molecule has 1 aromatic heterocycles. The number of hydrogen-bond acceptors (Lipinski definition) is 5. The average Bonchev–Trinajstić information content (AvgIpc) is 2.68. The van der Waals surface area contributed by atoms with Crippen molar-refractivity contribution in [1.29, 1.82) is 0 Å². The summed E-state index contributed by atoms with van der Waals surface area (Å²) < 4.78 is 10.3. The van der Waals surface area contributed by atoms with Gasteiger partial charge in [0.2, 0.25) is 0 Å². The van der Waals surface area contributed by atoms with E-state index in [1.165, 1.54) is 7.11 Å². The Morgan fingerprint density at radius 2 is 1.86 bits per heavy atom. The van der Waals surface area contributed by atoms with Crippen LogP contribution in [0.25, 0.3) is 0 Å². The number of anilines is 1. The minimum Gasteiger partial charge on any atom is -0.497 e. The van der Waals surface area contributed by atoms with E-state index in [9.17, 15) is 9.59 Å². The Morgan fingerprint density at radius 3 is 2.54 bits per heavy atom. The molecule has 1 heterocycles. The molecular weight excluding hydrogens is 382 g/mol. The molecule has 8 heteroatoms. The Kier molecular flexibility index (Phi) is 5.96. The first-order chi connectivity index (χ1) is 13.5. The number of ether oxygens (including phenoxy) is 2. The molecule has 3 rings (SSSR count). The Bertz CT molecular complexity index is 1050. The van der Waals surface area contributed by atoms with Gasteiger partial charge in [0.25, 0.3) is 11.5 Å². The lowest BCUT2D eigenvalue weighted by Crippen LogP contribution is -2.20. The van der Waals surface area contributed by atoms with E-state index in [0.717, 1.165) is 17.4 Å². The van der Waals surface area contributed by atoms with Gasteiger partial charge >= 0.3 is 0 Å². The average molecular weight is 400 g/mol. The van der Waals surface area contributed by atoms with Crippen LogP contribution >= 0.6 is 11.6 Å². The van der Waals surface area contributed by atoms with Gasteiger partial charge in [-0.3, -0.25) is 9.59 Å². The van der Waals surface area contributed by atoms with E-state index >= 15 is 0 Å². The number of hydrogen-bond donors (Lipinski definition) is 2. The Labute approximate surface area is 166 Å². The number of nitrogens with zero attached hydrogens (tertiary/aromatic N) is 1. The van der Waals surface area contributed by atoms with E-state index in [1.54, 1.807) is 25.3 Å². The lowest BCUT2D eigenvalue weighted by atomic mass is 10.1. The van der Waals surface area contributed by atoms with E-state index in [0.29, 0.717) is 28.7 Å². The molecule has 0 aliphatic carbocycles. The summed E-state index contributed by atoms with van der Waals surface area (Å²) in [5.41, 5.74) is 0.882. The van der Waals surface area contributed by atoms with Crippen LogP contribution in [0.2, 0.25) is 5.02 Å². The number of carbonyl (C=O) groups is 1. The van der Waals surface area contributed by atoms with E-state index in [4.69, 9.17) is 21.1 Å². The largest absolute Gasteiger partial charge is 0.497 e. The molecule has 0 atom stereocenters. The van der Waals surface area contributed by atoms with Crippen LogP contribution in [0.15, 0.2) is 53.3 Å². The molecule has 0 radical (unpaired) electrons. The molecule has 28 heavy (non-hydrogen) atoms. The van der Waals surface area contributed by atoms with Crippen molar-refractivity contribution in [2.45, 2.75) is 6.42 Å². The van der Waals surface area contributed by atoms with Crippen molar-refractivity contribution in [3.63, 3.8) is 0 Å². The molecule has 3 aromatic rings. The number of aromatic nitrogens is 2. The lowest BCUT2D eigenvalue weighted by molar-refractivity contribution is 0.102. The van der Waals surface area contributed by atoms with E-state index < -0.39 is 11.5 Å². The number of methoxy groups -OCH3 is 2. The Balaban J connectivity index is 1.83. The molecule has 144 valence electrons. The second-order valence-electron chi connectivity index (χ2n) is 5.90. The molecule has 0 bridgehead atoms. The monoisotopic (exact) mass is 399 g/mol. The van der Waals surface area contributed by atoms with Crippen molar-refractivity contribution < 1.29 is 14.3 Å². The normalized spacial score (nSPS) is 10.4. The van der Waals surface area contributed by atoms with Crippen molar-refractivity contribution in [2.75, 3.05) is 19.5 Å². The van der Waals surface area contributed by atoms with Crippen molar-refractivity contribution in [3.8, 4) is 11.5 Å². The molecule has 0 fully saturated rings. The maximum absolute atomic E-state index is 12.6. The van der Waals surface area contributed by atoms with Gasteiger partial charge in [-0.2, -0.15) is 0 Å². The van der Waals surface area contributed by atoms with Crippen LogP contribution in [0.5, 0.6) is 11.5 Å². The third kappa shape index (κ3) is 4.69. The van der Waals surface area contributed by atoms with Gasteiger partial charge in [-0.1, -0.05) is 23.7 Å². The molecule has 0 aliphatic heterocycles. The SMILES string of the molecule is COc1ccc(Cc2nc(C(=O)Nc3cc(Cl)ccc3OC)cc(=O)[nH]2)cc1. The second kappa shape index (κ2) is 8.58. The maximum Gasteiger partial charge on any atom is 0.274 e. The summed E-state index contributed by atoms with van der Waals surface area (Å²) in [6, 6.07) is 13.3. The van der Waals surface area contributed by atoms with Crippen molar-refractivity contribution in [1.82, 2.24) is 9.97 Å². The first kappa shape index (κ1) is 19.4. The zero-order chi connectivity index (χ0) is 20.1. The van der Waals surface area contributed by atoms with Crippen LogP contribution in [0.1, 0.15) is 21.9 Å². The summed E-state index contributed by atoms with van der Waals surface area (Å²) in [6.45, 7) is 0. The summed E-state index contributed by atoms with van der Waals surface area (Å²) in [4.78, 5) is 31.5. The molecule has 0 spiro atoms. The first-order valence-electron chi connectivity index (χ1n) is 8.36. The molecule has 0 saturated heterocycles. The highest BCUT2D eigenvalue weighted by Crippen LogP contribution is 2.27. The van der Waals surface area contributed by atoms with Gasteiger partial charge in [-0.25, -0.2) is 4.98 Å². The highest BCUT2D eigenvalue weighted by molar-refractivity contribution is 6.31. The van der Waals surface area contributed by atoms with E-state index in [1.807, 2.05) is 24.3 Å². The molecule has 0 unspecified atom stereocenters. The summed E-state index contributed by atoms with van der Waals surface area (Å²) in [6.07, 6.45) is 0.362. The summed E-state index contributed by atoms with van der Waals surface area (Å²) in [7, 11) is 3.07. The maximum atomic E-state index is 12.6. The molecule has 7 nitrogen and oxygen atoms in total.